The predicted octanol–water partition coefficient (Wildman–Crippen LogP) is 2.64. The van der Waals surface area contributed by atoms with Crippen molar-refractivity contribution in [3.05, 3.63) is 59.8 Å². The molecule has 1 saturated heterocycles. The van der Waals surface area contributed by atoms with Gasteiger partial charge in [0.05, 0.1) is 24.8 Å². The van der Waals surface area contributed by atoms with Gasteiger partial charge in [-0.2, -0.15) is 0 Å². The summed E-state index contributed by atoms with van der Waals surface area (Å²) in [5.41, 5.74) is 0.755. The number of likely N-dealkylation sites (tertiary alicyclic amines) is 1. The highest BCUT2D eigenvalue weighted by Crippen LogP contribution is 2.36. The van der Waals surface area contributed by atoms with Crippen molar-refractivity contribution in [2.45, 2.75) is 25.4 Å². The van der Waals surface area contributed by atoms with E-state index < -0.39 is 6.04 Å². The molecule has 0 saturated carbocycles. The number of rotatable bonds is 4. The first-order valence-corrected chi connectivity index (χ1v) is 7.87. The predicted molar refractivity (Wildman–Crippen MR) is 85.2 cm³/mol. The van der Waals surface area contributed by atoms with Crippen LogP contribution in [-0.2, 0) is 16.1 Å². The minimum atomic E-state index is -0.400. The average Bonchev–Trinajstić information content (AvgIpc) is 3.09. The van der Waals surface area contributed by atoms with Crippen LogP contribution in [0.3, 0.4) is 0 Å². The maximum absolute atomic E-state index is 13.2. The molecule has 2 atom stereocenters. The normalized spacial score (nSPS) is 20.9. The Morgan fingerprint density at radius 3 is 2.75 bits per heavy atom. The number of hydrogen-bond acceptors (Lipinski definition) is 3. The summed E-state index contributed by atoms with van der Waals surface area (Å²) in [5, 5.41) is 2.86. The zero-order chi connectivity index (χ0) is 17.1. The van der Waals surface area contributed by atoms with Gasteiger partial charge in [-0.25, -0.2) is 4.39 Å². The second kappa shape index (κ2) is 6.86. The van der Waals surface area contributed by atoms with Gasteiger partial charge in [-0.3, -0.25) is 9.59 Å². The van der Waals surface area contributed by atoms with Gasteiger partial charge < -0.3 is 14.6 Å². The molecule has 0 spiro atoms. The number of hydrogen-bond donors (Lipinski definition) is 1. The van der Waals surface area contributed by atoms with E-state index in [1.807, 2.05) is 0 Å². The number of piperidine rings is 1. The third-order valence-electron chi connectivity index (χ3n) is 4.43. The summed E-state index contributed by atoms with van der Waals surface area (Å²) in [6.07, 6.45) is 2.35. The highest BCUT2D eigenvalue weighted by Gasteiger charge is 2.38. The van der Waals surface area contributed by atoms with Crippen LogP contribution in [0.5, 0.6) is 0 Å². The van der Waals surface area contributed by atoms with Gasteiger partial charge in [0.2, 0.25) is 11.8 Å². The number of benzene rings is 1. The zero-order valence-electron chi connectivity index (χ0n) is 13.4. The minimum Gasteiger partial charge on any atom is -0.467 e. The second-order valence-corrected chi connectivity index (χ2v) is 5.94. The second-order valence-electron chi connectivity index (χ2n) is 5.94. The Balaban J connectivity index is 1.79. The topological polar surface area (TPSA) is 62.6 Å². The Hall–Kier alpha value is -2.63. The molecular weight excluding hydrogens is 311 g/mol. The molecule has 1 aliphatic rings. The number of furan rings is 1. The molecule has 2 heterocycles. The molecule has 1 N–H and O–H groups in total. The molecule has 0 aliphatic carbocycles. The smallest absolute Gasteiger partial charge is 0.225 e. The first-order chi connectivity index (χ1) is 11.6. The Morgan fingerprint density at radius 2 is 2.08 bits per heavy atom. The van der Waals surface area contributed by atoms with Gasteiger partial charge in [-0.15, -0.1) is 0 Å². The first kappa shape index (κ1) is 16.2. The van der Waals surface area contributed by atoms with Crippen LogP contribution in [-0.4, -0.2) is 23.8 Å². The van der Waals surface area contributed by atoms with Crippen molar-refractivity contribution in [3.63, 3.8) is 0 Å². The number of carbonyl (C=O) groups is 2. The highest BCUT2D eigenvalue weighted by atomic mass is 19.1. The minimum absolute atomic E-state index is 0.0144. The number of amides is 2. The van der Waals surface area contributed by atoms with Crippen LogP contribution in [0.25, 0.3) is 0 Å². The lowest BCUT2D eigenvalue weighted by Crippen LogP contribution is -2.46. The number of carbonyl (C=O) groups excluding carboxylic acids is 2. The number of halogens is 1. The molecule has 1 aliphatic heterocycles. The van der Waals surface area contributed by atoms with Gasteiger partial charge in [0.15, 0.2) is 0 Å². The standard InChI is InChI=1S/C18H19FN2O3/c1-21-16(22)9-8-15(17(21)12-4-6-13(19)7-5-12)18(23)20-11-14-3-2-10-24-14/h2-7,10,15,17H,8-9,11H2,1H3,(H,20,23)/t15-,17-/m1/s1. The molecule has 1 fully saturated rings. The average molecular weight is 330 g/mol. The summed E-state index contributed by atoms with van der Waals surface area (Å²) in [7, 11) is 1.68. The van der Waals surface area contributed by atoms with E-state index in [0.717, 1.165) is 5.56 Å². The largest absolute Gasteiger partial charge is 0.467 e. The molecule has 24 heavy (non-hydrogen) atoms. The van der Waals surface area contributed by atoms with E-state index in [0.29, 0.717) is 25.1 Å². The molecule has 126 valence electrons. The first-order valence-electron chi connectivity index (χ1n) is 7.87. The molecule has 0 radical (unpaired) electrons. The number of nitrogens with zero attached hydrogens (tertiary/aromatic N) is 1. The lowest BCUT2D eigenvalue weighted by atomic mass is 9.84. The van der Waals surface area contributed by atoms with Crippen molar-refractivity contribution in [3.8, 4) is 0 Å². The SMILES string of the molecule is CN1C(=O)CC[C@@H](C(=O)NCc2ccco2)[C@H]1c1ccc(F)cc1. The quantitative estimate of drug-likeness (QED) is 0.937. The van der Waals surface area contributed by atoms with Gasteiger partial charge in [-0.1, -0.05) is 12.1 Å². The van der Waals surface area contributed by atoms with Gasteiger partial charge in [0.25, 0.3) is 0 Å². The van der Waals surface area contributed by atoms with Crippen LogP contribution < -0.4 is 5.32 Å². The molecule has 2 amide bonds. The van der Waals surface area contributed by atoms with Crippen LogP contribution in [0, 0.1) is 11.7 Å². The lowest BCUT2D eigenvalue weighted by Gasteiger charge is -2.38. The summed E-state index contributed by atoms with van der Waals surface area (Å²) >= 11 is 0. The molecule has 5 nitrogen and oxygen atoms in total. The van der Waals surface area contributed by atoms with E-state index in [4.69, 9.17) is 4.42 Å². The zero-order valence-corrected chi connectivity index (χ0v) is 13.4. The summed E-state index contributed by atoms with van der Waals surface area (Å²) in [6.45, 7) is 0.302. The summed E-state index contributed by atoms with van der Waals surface area (Å²) in [6, 6.07) is 9.09. The third-order valence-corrected chi connectivity index (χ3v) is 4.43. The van der Waals surface area contributed by atoms with Gasteiger partial charge >= 0.3 is 0 Å². The van der Waals surface area contributed by atoms with E-state index in [1.165, 1.54) is 12.1 Å². The molecule has 0 unspecified atom stereocenters. The van der Waals surface area contributed by atoms with E-state index >= 15 is 0 Å². The molecule has 2 aromatic rings. The monoisotopic (exact) mass is 330 g/mol. The fourth-order valence-corrected chi connectivity index (χ4v) is 3.15. The van der Waals surface area contributed by atoms with Crippen molar-refractivity contribution in [1.29, 1.82) is 0 Å². The Labute approximate surface area is 139 Å². The third kappa shape index (κ3) is 3.32. The van der Waals surface area contributed by atoms with Crippen LogP contribution in [0.4, 0.5) is 4.39 Å². The molecule has 3 rings (SSSR count). The van der Waals surface area contributed by atoms with Gasteiger partial charge in [0, 0.05) is 13.5 Å². The van der Waals surface area contributed by atoms with Crippen molar-refractivity contribution >= 4 is 11.8 Å². The van der Waals surface area contributed by atoms with Crippen molar-refractivity contribution in [2.75, 3.05) is 7.05 Å². The fourth-order valence-electron chi connectivity index (χ4n) is 3.15. The van der Waals surface area contributed by atoms with Crippen molar-refractivity contribution in [2.24, 2.45) is 5.92 Å². The van der Waals surface area contributed by atoms with Crippen LogP contribution in [0.1, 0.15) is 30.2 Å². The van der Waals surface area contributed by atoms with Gasteiger partial charge in [-0.05, 0) is 36.2 Å². The lowest BCUT2D eigenvalue weighted by molar-refractivity contribution is -0.141. The van der Waals surface area contributed by atoms with Crippen LogP contribution >= 0.6 is 0 Å². The van der Waals surface area contributed by atoms with E-state index in [9.17, 15) is 14.0 Å². The Bertz CT molecular complexity index is 712. The van der Waals surface area contributed by atoms with Crippen molar-refractivity contribution < 1.29 is 18.4 Å². The molecular formula is C18H19FN2O3. The summed E-state index contributed by atoms with van der Waals surface area (Å²) in [4.78, 5) is 26.3. The van der Waals surface area contributed by atoms with Gasteiger partial charge in [0.1, 0.15) is 11.6 Å². The van der Waals surface area contributed by atoms with E-state index in [1.54, 1.807) is 42.5 Å². The molecule has 0 bridgehead atoms. The summed E-state index contributed by atoms with van der Waals surface area (Å²) in [5.74, 6) is -0.211. The maximum atomic E-state index is 13.2. The van der Waals surface area contributed by atoms with E-state index in [2.05, 4.69) is 5.32 Å². The Morgan fingerprint density at radius 1 is 1.33 bits per heavy atom. The van der Waals surface area contributed by atoms with Crippen molar-refractivity contribution in [1.82, 2.24) is 10.2 Å². The molecule has 1 aromatic heterocycles. The molecule has 1 aromatic carbocycles. The maximum Gasteiger partial charge on any atom is 0.225 e. The molecule has 6 heteroatoms. The fraction of sp³-hybridized carbons (Fsp3) is 0.333. The number of nitrogens with one attached hydrogen (secondary N) is 1. The Kier molecular flexibility index (Phi) is 4.64. The van der Waals surface area contributed by atoms with Crippen LogP contribution in [0.2, 0.25) is 0 Å². The highest BCUT2D eigenvalue weighted by molar-refractivity contribution is 5.84. The van der Waals surface area contributed by atoms with E-state index in [-0.39, 0.29) is 23.5 Å². The van der Waals surface area contributed by atoms with Crippen LogP contribution in [0.15, 0.2) is 47.1 Å². The summed E-state index contributed by atoms with van der Waals surface area (Å²) < 4.78 is 18.4.